The maximum Gasteiger partial charge on any atom is 0.336 e. The summed E-state index contributed by atoms with van der Waals surface area (Å²) in [4.78, 5) is 41.9. The number of carbonyl (C=O) groups is 2. The molecule has 9 rings (SSSR count). The number of fused-ring (bicyclic) bond motifs is 13. The molecule has 0 amide bonds. The smallest absolute Gasteiger partial charge is 0.336 e. The minimum atomic E-state index is -1.13. The molecule has 8 nitrogen and oxygen atoms in total. The number of benzene rings is 4. The molecule has 3 aliphatic heterocycles. The van der Waals surface area contributed by atoms with Crippen molar-refractivity contribution in [2.75, 3.05) is 6.61 Å². The summed E-state index contributed by atoms with van der Waals surface area (Å²) in [5.41, 5.74) is 5.77. The third kappa shape index (κ3) is 9.08. The van der Waals surface area contributed by atoms with Gasteiger partial charge in [0.1, 0.15) is 16.9 Å². The second kappa shape index (κ2) is 17.8. The van der Waals surface area contributed by atoms with Gasteiger partial charge in [-0.05, 0) is 123 Å². The molecule has 4 atom stereocenters. The first-order valence-electron chi connectivity index (χ1n) is 21.3. The van der Waals surface area contributed by atoms with Crippen LogP contribution in [0.2, 0.25) is 0 Å². The lowest BCUT2D eigenvalue weighted by Gasteiger charge is -2.49. The molecule has 4 aromatic carbocycles. The highest BCUT2D eigenvalue weighted by molar-refractivity contribution is 5.90. The molecule has 0 radical (unpaired) electrons. The number of ether oxygens (including phenoxy) is 3. The van der Waals surface area contributed by atoms with Crippen molar-refractivity contribution in [3.8, 4) is 5.75 Å². The maximum atomic E-state index is 14.6. The van der Waals surface area contributed by atoms with Crippen LogP contribution in [0, 0.1) is 11.8 Å². The predicted molar refractivity (Wildman–Crippen MR) is 227 cm³/mol. The fourth-order valence-electron chi connectivity index (χ4n) is 9.55. The third-order valence-electron chi connectivity index (χ3n) is 12.9. The number of hydrogen-bond acceptors (Lipinski definition) is 8. The molecule has 0 saturated heterocycles. The van der Waals surface area contributed by atoms with E-state index in [1.165, 1.54) is 22.8 Å². The second-order valence-corrected chi connectivity index (χ2v) is 17.0. The van der Waals surface area contributed by atoms with Crippen LogP contribution in [0.1, 0.15) is 105 Å². The first-order valence-corrected chi connectivity index (χ1v) is 21.3. The van der Waals surface area contributed by atoms with E-state index in [4.69, 9.17) is 18.6 Å². The van der Waals surface area contributed by atoms with Gasteiger partial charge < -0.3 is 23.7 Å². The minimum Gasteiger partial charge on any atom is -0.483 e. The number of rotatable bonds is 7. The first-order chi connectivity index (χ1) is 28.7. The van der Waals surface area contributed by atoms with Crippen molar-refractivity contribution in [1.82, 2.24) is 0 Å². The molecule has 5 aromatic rings. The molecule has 1 aliphatic carbocycles. The average molecular weight is 795 g/mol. The number of carbonyl (C=O) groups excluding carboxylic acids is 2. The van der Waals surface area contributed by atoms with Crippen molar-refractivity contribution >= 4 is 22.9 Å². The second-order valence-electron chi connectivity index (χ2n) is 17.0. The molecule has 306 valence electrons. The first kappa shape index (κ1) is 40.3. The van der Waals surface area contributed by atoms with Gasteiger partial charge in [-0.1, -0.05) is 98.1 Å². The van der Waals surface area contributed by atoms with Crippen LogP contribution in [0.25, 0.3) is 11.0 Å². The van der Waals surface area contributed by atoms with E-state index >= 15 is 0 Å². The predicted octanol–water partition coefficient (Wildman–Crippen LogP) is 9.75. The van der Waals surface area contributed by atoms with E-state index in [1.807, 2.05) is 25.1 Å². The van der Waals surface area contributed by atoms with Crippen LogP contribution >= 0.6 is 0 Å². The summed E-state index contributed by atoms with van der Waals surface area (Å²) < 4.78 is 26.1. The lowest BCUT2D eigenvalue weighted by atomic mass is 9.71. The van der Waals surface area contributed by atoms with Gasteiger partial charge in [0, 0.05) is 29.4 Å². The van der Waals surface area contributed by atoms with Crippen molar-refractivity contribution < 1.29 is 33.3 Å². The van der Waals surface area contributed by atoms with Gasteiger partial charge in [-0.15, -0.1) is 0 Å². The summed E-state index contributed by atoms with van der Waals surface area (Å²) in [6.45, 7) is 3.40. The molecule has 4 heterocycles. The van der Waals surface area contributed by atoms with Gasteiger partial charge in [0.2, 0.25) is 0 Å². The van der Waals surface area contributed by atoms with Crippen molar-refractivity contribution in [2.24, 2.45) is 11.8 Å². The van der Waals surface area contributed by atoms with Crippen LogP contribution in [0.5, 0.6) is 5.75 Å². The Labute approximate surface area is 346 Å². The number of hydrogen-bond donors (Lipinski definition) is 1. The zero-order valence-electron chi connectivity index (χ0n) is 34.1. The zero-order valence-corrected chi connectivity index (χ0v) is 34.1. The molecule has 4 aliphatic rings. The zero-order chi connectivity index (χ0) is 40.9. The Kier molecular flexibility index (Phi) is 12.2. The van der Waals surface area contributed by atoms with Gasteiger partial charge in [0.05, 0.1) is 12.2 Å². The molecule has 59 heavy (non-hydrogen) atoms. The Morgan fingerprint density at radius 3 is 2.27 bits per heavy atom. The number of aryl methyl sites for hydroxylation is 2. The van der Waals surface area contributed by atoms with E-state index in [2.05, 4.69) is 72.8 Å². The summed E-state index contributed by atoms with van der Waals surface area (Å²) in [5.74, 6) is -0.653. The van der Waals surface area contributed by atoms with E-state index in [1.54, 1.807) is 13.0 Å². The molecule has 1 saturated carbocycles. The standard InChI is InChI=1S/C51H54O8/c1-33(32-52)42-25-22-34-16-18-37(19-17-34)30-39(21-20-36-12-9-13-38(29-36)28-35-10-5-3-6-11-35)31-45(54)57-48-46-43(26-23-40-24-27-44(53)56-47(40)46)59-51(2,49(48)58-50(42)55)41-14-7-4-8-15-41/h3,5-6,9-13,16-19,23-24,26-27,29,39,41,48-49,52H,4,7-8,14-15,20-22,25,28,30-32H2,1-2H3/b42-33-/t39-,48-,49+,51+/m1/s1. The average Bonchev–Trinajstić information content (AvgIpc) is 3.24. The third-order valence-corrected chi connectivity index (χ3v) is 12.9. The molecule has 2 bridgehead atoms. The molecule has 0 unspecified atom stereocenters. The van der Waals surface area contributed by atoms with Gasteiger partial charge in [0.15, 0.2) is 12.2 Å². The van der Waals surface area contributed by atoms with Crippen LogP contribution in [-0.2, 0) is 44.7 Å². The van der Waals surface area contributed by atoms with E-state index in [0.717, 1.165) is 62.5 Å². The molecule has 0 spiro atoms. The highest BCUT2D eigenvalue weighted by Gasteiger charge is 2.56. The summed E-state index contributed by atoms with van der Waals surface area (Å²) in [7, 11) is 0. The largest absolute Gasteiger partial charge is 0.483 e. The Balaban J connectivity index is 1.18. The molecular weight excluding hydrogens is 741 g/mol. The van der Waals surface area contributed by atoms with Crippen molar-refractivity contribution in [3.63, 3.8) is 0 Å². The summed E-state index contributed by atoms with van der Waals surface area (Å²) in [6, 6.07) is 34.2. The molecule has 1 aromatic heterocycles. The van der Waals surface area contributed by atoms with E-state index < -0.39 is 35.4 Å². The lowest BCUT2D eigenvalue weighted by molar-refractivity contribution is -0.201. The minimum absolute atomic E-state index is 0.0118. The van der Waals surface area contributed by atoms with E-state index in [-0.39, 0.29) is 30.4 Å². The highest BCUT2D eigenvalue weighted by atomic mass is 16.6. The topological polar surface area (TPSA) is 112 Å². The van der Waals surface area contributed by atoms with Crippen LogP contribution in [0.15, 0.2) is 123 Å². The van der Waals surface area contributed by atoms with E-state index in [0.29, 0.717) is 47.1 Å². The Morgan fingerprint density at radius 1 is 0.763 bits per heavy atom. The number of aliphatic hydroxyl groups excluding tert-OH is 1. The Bertz CT molecular complexity index is 2370. The van der Waals surface area contributed by atoms with Crippen LogP contribution in [-0.4, -0.2) is 35.4 Å². The molecular formula is C51H54O8. The maximum absolute atomic E-state index is 14.6. The van der Waals surface area contributed by atoms with Crippen molar-refractivity contribution in [2.45, 2.75) is 109 Å². The number of aliphatic hydroxyl groups is 1. The van der Waals surface area contributed by atoms with Crippen molar-refractivity contribution in [3.05, 3.63) is 158 Å². The Hall–Kier alpha value is -5.47. The van der Waals surface area contributed by atoms with Gasteiger partial charge in [-0.2, -0.15) is 0 Å². The van der Waals surface area contributed by atoms with Crippen LogP contribution in [0.4, 0.5) is 0 Å². The van der Waals surface area contributed by atoms with Gasteiger partial charge in [-0.3, -0.25) is 4.79 Å². The monoisotopic (exact) mass is 794 g/mol. The Morgan fingerprint density at radius 2 is 1.49 bits per heavy atom. The van der Waals surface area contributed by atoms with Gasteiger partial charge >= 0.3 is 17.6 Å². The van der Waals surface area contributed by atoms with Gasteiger partial charge in [-0.25, -0.2) is 9.59 Å². The molecule has 8 heteroatoms. The quantitative estimate of drug-likeness (QED) is 0.0985. The SMILES string of the molecule is C/C(CO)=C1\CCc2ccc(cc2)C[C@@H](CCc2cccc(Cc3ccccc3)c2)CC(=O)O[C@@H]2c3c(ccc4ccc(=O)oc34)O[C@@](C)(C3CCCCC3)[C@H]2OC1=O. The van der Waals surface area contributed by atoms with Crippen molar-refractivity contribution in [1.29, 1.82) is 0 Å². The highest BCUT2D eigenvalue weighted by Crippen LogP contribution is 2.51. The molecule has 1 N–H and O–H groups in total. The normalized spacial score (nSPS) is 23.7. The van der Waals surface area contributed by atoms with E-state index in [9.17, 15) is 19.5 Å². The van der Waals surface area contributed by atoms with Gasteiger partial charge in [0.25, 0.3) is 0 Å². The van der Waals surface area contributed by atoms with Crippen LogP contribution in [0.3, 0.4) is 0 Å². The summed E-state index contributed by atoms with van der Waals surface area (Å²) in [5, 5.41) is 10.9. The van der Waals surface area contributed by atoms with Crippen LogP contribution < -0.4 is 10.4 Å². The number of esters is 2. The fraction of sp³-hybridized carbons (Fsp3) is 0.392. The fourth-order valence-corrected chi connectivity index (χ4v) is 9.55. The molecule has 1 fully saturated rings. The summed E-state index contributed by atoms with van der Waals surface area (Å²) in [6.07, 6.45) is 6.70. The lowest BCUT2D eigenvalue weighted by Crippen LogP contribution is -2.58. The summed E-state index contributed by atoms with van der Waals surface area (Å²) >= 11 is 0.